The topological polar surface area (TPSA) is 32.3 Å². The minimum atomic E-state index is -0.638. The van der Waals surface area contributed by atoms with Crippen LogP contribution in [0.25, 0.3) is 0 Å². The van der Waals surface area contributed by atoms with Crippen molar-refractivity contribution in [3.05, 3.63) is 65.7 Å². The van der Waals surface area contributed by atoms with Crippen LogP contribution in [0.1, 0.15) is 24.4 Å². The van der Waals surface area contributed by atoms with Gasteiger partial charge in [0.25, 0.3) is 0 Å². The van der Waals surface area contributed by atoms with Crippen molar-refractivity contribution in [2.24, 2.45) is 0 Å². The second-order valence-corrected chi connectivity index (χ2v) is 5.71. The van der Waals surface area contributed by atoms with Crippen LogP contribution >= 0.6 is 0 Å². The molecule has 0 bridgehead atoms. The summed E-state index contributed by atoms with van der Waals surface area (Å²) in [6.07, 6.45) is 2.01. The van der Waals surface area contributed by atoms with Gasteiger partial charge in [0.2, 0.25) is 5.91 Å². The van der Waals surface area contributed by atoms with E-state index in [9.17, 15) is 13.6 Å². The molecule has 1 atom stereocenters. The van der Waals surface area contributed by atoms with Gasteiger partial charge in [0.1, 0.15) is 11.6 Å². The minimum Gasteiger partial charge on any atom is -0.322 e. The van der Waals surface area contributed by atoms with Gasteiger partial charge in [0, 0.05) is 12.1 Å². The van der Waals surface area contributed by atoms with Gasteiger partial charge in [-0.1, -0.05) is 30.3 Å². The Labute approximate surface area is 133 Å². The van der Waals surface area contributed by atoms with E-state index in [4.69, 9.17) is 0 Å². The first-order valence-corrected chi connectivity index (χ1v) is 7.67. The predicted molar refractivity (Wildman–Crippen MR) is 85.0 cm³/mol. The molecule has 2 aromatic rings. The zero-order chi connectivity index (χ0) is 16.2. The van der Waals surface area contributed by atoms with E-state index in [-0.39, 0.29) is 24.2 Å². The number of nitrogens with one attached hydrogen (secondary N) is 1. The summed E-state index contributed by atoms with van der Waals surface area (Å²) in [4.78, 5) is 14.2. The van der Waals surface area contributed by atoms with E-state index in [2.05, 4.69) is 10.2 Å². The molecule has 1 amide bonds. The maximum atomic E-state index is 13.6. The van der Waals surface area contributed by atoms with E-state index < -0.39 is 11.6 Å². The molecule has 0 aliphatic carbocycles. The predicted octanol–water partition coefficient (Wildman–Crippen LogP) is 3.74. The number of carbonyl (C=O) groups is 1. The minimum absolute atomic E-state index is 0.120. The van der Waals surface area contributed by atoms with Gasteiger partial charge < -0.3 is 5.32 Å². The SMILES string of the molecule is O=C(CN1CCCC1c1ccccc1)Nc1cc(F)ccc1F. The van der Waals surface area contributed by atoms with Crippen LogP contribution in [-0.4, -0.2) is 23.9 Å². The molecular weight excluding hydrogens is 298 g/mol. The number of halogens is 2. The quantitative estimate of drug-likeness (QED) is 0.932. The Hall–Kier alpha value is -2.27. The summed E-state index contributed by atoms with van der Waals surface area (Å²) in [5.74, 6) is -1.55. The number of anilines is 1. The van der Waals surface area contributed by atoms with Crippen molar-refractivity contribution >= 4 is 11.6 Å². The number of carbonyl (C=O) groups excluding carboxylic acids is 1. The lowest BCUT2D eigenvalue weighted by atomic mass is 10.0. The van der Waals surface area contributed by atoms with Gasteiger partial charge in [0.15, 0.2) is 0 Å². The van der Waals surface area contributed by atoms with Gasteiger partial charge in [-0.05, 0) is 37.1 Å². The molecule has 1 saturated heterocycles. The van der Waals surface area contributed by atoms with E-state index in [1.165, 1.54) is 5.56 Å². The highest BCUT2D eigenvalue weighted by Crippen LogP contribution is 2.31. The molecule has 1 N–H and O–H groups in total. The Morgan fingerprint density at radius 3 is 2.74 bits per heavy atom. The molecule has 1 fully saturated rings. The van der Waals surface area contributed by atoms with Gasteiger partial charge in [-0.2, -0.15) is 0 Å². The smallest absolute Gasteiger partial charge is 0.238 e. The Morgan fingerprint density at radius 2 is 1.96 bits per heavy atom. The summed E-state index contributed by atoms with van der Waals surface area (Å²) < 4.78 is 26.7. The molecule has 3 nitrogen and oxygen atoms in total. The number of likely N-dealkylation sites (tertiary alicyclic amines) is 1. The molecule has 0 radical (unpaired) electrons. The molecule has 2 aromatic carbocycles. The summed E-state index contributed by atoms with van der Waals surface area (Å²) in [6, 6.07) is 13.2. The monoisotopic (exact) mass is 316 g/mol. The fourth-order valence-electron chi connectivity index (χ4n) is 3.04. The van der Waals surface area contributed by atoms with Crippen LogP contribution in [0.15, 0.2) is 48.5 Å². The second-order valence-electron chi connectivity index (χ2n) is 5.71. The van der Waals surface area contributed by atoms with Crippen LogP contribution in [0.5, 0.6) is 0 Å². The molecule has 23 heavy (non-hydrogen) atoms. The molecule has 3 rings (SSSR count). The number of amides is 1. The molecule has 1 heterocycles. The van der Waals surface area contributed by atoms with Crippen molar-refractivity contribution in [3.63, 3.8) is 0 Å². The number of hydrogen-bond donors (Lipinski definition) is 1. The summed E-state index contributed by atoms with van der Waals surface area (Å²) in [5.41, 5.74) is 1.06. The Bertz CT molecular complexity index is 691. The van der Waals surface area contributed by atoms with Crippen molar-refractivity contribution in [2.45, 2.75) is 18.9 Å². The van der Waals surface area contributed by atoms with Crippen molar-refractivity contribution < 1.29 is 13.6 Å². The first-order valence-electron chi connectivity index (χ1n) is 7.67. The van der Waals surface area contributed by atoms with Crippen molar-refractivity contribution in [1.82, 2.24) is 4.90 Å². The summed E-state index contributed by atoms with van der Waals surface area (Å²) in [6.45, 7) is 0.980. The third-order valence-corrected chi connectivity index (χ3v) is 4.10. The van der Waals surface area contributed by atoms with E-state index in [0.717, 1.165) is 37.6 Å². The lowest BCUT2D eigenvalue weighted by Gasteiger charge is -2.24. The largest absolute Gasteiger partial charge is 0.322 e. The van der Waals surface area contributed by atoms with Crippen molar-refractivity contribution in [1.29, 1.82) is 0 Å². The number of benzene rings is 2. The number of rotatable bonds is 4. The summed E-state index contributed by atoms with van der Waals surface area (Å²) in [7, 11) is 0. The van der Waals surface area contributed by atoms with Crippen LogP contribution in [0.4, 0.5) is 14.5 Å². The first-order chi connectivity index (χ1) is 11.1. The second kappa shape index (κ2) is 6.87. The molecule has 5 heteroatoms. The lowest BCUT2D eigenvalue weighted by molar-refractivity contribution is -0.117. The first kappa shape index (κ1) is 15.6. The molecule has 120 valence electrons. The van der Waals surface area contributed by atoms with Gasteiger partial charge in [-0.3, -0.25) is 9.69 Å². The van der Waals surface area contributed by atoms with Crippen molar-refractivity contribution in [3.8, 4) is 0 Å². The standard InChI is InChI=1S/C18H18F2N2O/c19-14-8-9-15(20)16(11-14)21-18(23)12-22-10-4-7-17(22)13-5-2-1-3-6-13/h1-3,5-6,8-9,11,17H,4,7,10,12H2,(H,21,23). The van der Waals surface area contributed by atoms with Crippen molar-refractivity contribution in [2.75, 3.05) is 18.4 Å². The van der Waals surface area contributed by atoms with Crippen LogP contribution in [-0.2, 0) is 4.79 Å². The number of nitrogens with zero attached hydrogens (tertiary/aromatic N) is 1. The summed E-state index contributed by atoms with van der Waals surface area (Å²) >= 11 is 0. The van der Waals surface area contributed by atoms with E-state index >= 15 is 0 Å². The van der Waals surface area contributed by atoms with Crippen LogP contribution in [0.3, 0.4) is 0 Å². The summed E-state index contributed by atoms with van der Waals surface area (Å²) in [5, 5.41) is 2.45. The van der Waals surface area contributed by atoms with E-state index in [1.54, 1.807) is 0 Å². The Morgan fingerprint density at radius 1 is 1.17 bits per heavy atom. The van der Waals surface area contributed by atoms with Crippen LogP contribution in [0, 0.1) is 11.6 Å². The van der Waals surface area contributed by atoms with Gasteiger partial charge in [-0.15, -0.1) is 0 Å². The maximum absolute atomic E-state index is 13.6. The molecule has 1 aliphatic rings. The molecule has 1 aliphatic heterocycles. The highest BCUT2D eigenvalue weighted by Gasteiger charge is 2.27. The molecule has 1 unspecified atom stereocenters. The van der Waals surface area contributed by atoms with Gasteiger partial charge in [0.05, 0.1) is 12.2 Å². The fourth-order valence-corrected chi connectivity index (χ4v) is 3.04. The highest BCUT2D eigenvalue weighted by atomic mass is 19.1. The third kappa shape index (κ3) is 3.74. The van der Waals surface area contributed by atoms with E-state index in [0.29, 0.717) is 0 Å². The van der Waals surface area contributed by atoms with Crippen LogP contribution < -0.4 is 5.32 Å². The Balaban J connectivity index is 1.66. The molecule has 0 spiro atoms. The third-order valence-electron chi connectivity index (χ3n) is 4.10. The van der Waals surface area contributed by atoms with Gasteiger partial charge >= 0.3 is 0 Å². The maximum Gasteiger partial charge on any atom is 0.238 e. The average molecular weight is 316 g/mol. The normalized spacial score (nSPS) is 18.1. The van der Waals surface area contributed by atoms with E-state index in [1.807, 2.05) is 30.3 Å². The Kier molecular flexibility index (Phi) is 4.67. The lowest BCUT2D eigenvalue weighted by Crippen LogP contribution is -2.33. The molecule has 0 saturated carbocycles. The number of hydrogen-bond acceptors (Lipinski definition) is 2. The average Bonchev–Trinajstić information content (AvgIpc) is 3.00. The molecular formula is C18H18F2N2O. The molecule has 0 aromatic heterocycles. The van der Waals surface area contributed by atoms with Crippen LogP contribution in [0.2, 0.25) is 0 Å². The highest BCUT2D eigenvalue weighted by molar-refractivity contribution is 5.92. The zero-order valence-corrected chi connectivity index (χ0v) is 12.6. The zero-order valence-electron chi connectivity index (χ0n) is 12.6. The van der Waals surface area contributed by atoms with Gasteiger partial charge in [-0.25, -0.2) is 8.78 Å². The fraction of sp³-hybridized carbons (Fsp3) is 0.278.